The third-order valence-corrected chi connectivity index (χ3v) is 3.87. The molecule has 1 saturated heterocycles. The molecule has 0 aromatic rings. The van der Waals surface area contributed by atoms with E-state index < -0.39 is 6.04 Å². The van der Waals surface area contributed by atoms with Gasteiger partial charge in [0.25, 0.3) is 0 Å². The minimum atomic E-state index is -0.483. The first-order chi connectivity index (χ1) is 9.63. The van der Waals surface area contributed by atoms with Gasteiger partial charge >= 0.3 is 5.97 Å². The first-order valence-corrected chi connectivity index (χ1v) is 6.98. The number of morpholine rings is 1. The number of ether oxygens (including phenoxy) is 2. The summed E-state index contributed by atoms with van der Waals surface area (Å²) in [5, 5.41) is 0. The fourth-order valence-corrected chi connectivity index (χ4v) is 2.58. The second-order valence-electron chi connectivity index (χ2n) is 5.12. The van der Waals surface area contributed by atoms with Crippen LogP contribution < -0.4 is 0 Å². The van der Waals surface area contributed by atoms with E-state index in [0.29, 0.717) is 13.2 Å². The van der Waals surface area contributed by atoms with Gasteiger partial charge in [-0.05, 0) is 19.3 Å². The van der Waals surface area contributed by atoms with Crippen molar-refractivity contribution in [1.29, 1.82) is 0 Å². The highest BCUT2D eigenvalue weighted by Crippen LogP contribution is 2.20. The van der Waals surface area contributed by atoms with Crippen molar-refractivity contribution in [3.63, 3.8) is 0 Å². The number of rotatable bonds is 4. The molecular weight excluding hydrogens is 260 g/mol. The molecule has 1 amide bonds. The Balaban J connectivity index is 1.95. The van der Waals surface area contributed by atoms with E-state index in [1.54, 1.807) is 11.9 Å². The van der Waals surface area contributed by atoms with Crippen LogP contribution in [-0.4, -0.2) is 68.2 Å². The average molecular weight is 282 g/mol. The van der Waals surface area contributed by atoms with Gasteiger partial charge in [-0.3, -0.25) is 14.5 Å². The highest BCUT2D eigenvalue weighted by atomic mass is 16.5. The molecule has 2 rings (SSSR count). The normalized spacial score (nSPS) is 23.3. The van der Waals surface area contributed by atoms with Crippen LogP contribution in [0.1, 0.15) is 19.3 Å². The molecule has 0 spiro atoms. The van der Waals surface area contributed by atoms with Gasteiger partial charge in [0.05, 0.1) is 26.9 Å². The van der Waals surface area contributed by atoms with Crippen molar-refractivity contribution in [1.82, 2.24) is 9.80 Å². The number of carbonyl (C=O) groups excluding carboxylic acids is 2. The quantitative estimate of drug-likeness (QED) is 0.698. The average Bonchev–Trinajstić information content (AvgIpc) is 3.00. The van der Waals surface area contributed by atoms with Gasteiger partial charge in [-0.25, -0.2) is 0 Å². The number of amides is 1. The van der Waals surface area contributed by atoms with Gasteiger partial charge < -0.3 is 14.4 Å². The summed E-state index contributed by atoms with van der Waals surface area (Å²) in [6.45, 7) is 1.61. The van der Waals surface area contributed by atoms with E-state index in [1.165, 1.54) is 7.11 Å². The van der Waals surface area contributed by atoms with Crippen molar-refractivity contribution in [2.75, 3.05) is 40.5 Å². The Labute approximate surface area is 119 Å². The molecule has 1 aliphatic heterocycles. The number of carbonyl (C=O) groups is 2. The molecule has 20 heavy (non-hydrogen) atoms. The largest absolute Gasteiger partial charge is 0.468 e. The van der Waals surface area contributed by atoms with Crippen molar-refractivity contribution in [3.8, 4) is 0 Å². The van der Waals surface area contributed by atoms with Crippen LogP contribution in [0.5, 0.6) is 0 Å². The predicted molar refractivity (Wildman–Crippen MR) is 72.9 cm³/mol. The van der Waals surface area contributed by atoms with Crippen LogP contribution in [0.15, 0.2) is 11.8 Å². The van der Waals surface area contributed by atoms with Crippen LogP contribution >= 0.6 is 0 Å². The Hall–Kier alpha value is -1.40. The van der Waals surface area contributed by atoms with Gasteiger partial charge in [-0.1, -0.05) is 6.08 Å². The SMILES string of the molecule is COC(=O)C1COCCN1CC(=O)N(C)C1=CCCC1. The second-order valence-corrected chi connectivity index (χ2v) is 5.12. The molecule has 1 unspecified atom stereocenters. The number of likely N-dealkylation sites (N-methyl/N-ethyl adjacent to an activating group) is 1. The maximum atomic E-state index is 12.3. The lowest BCUT2D eigenvalue weighted by molar-refractivity contribution is -0.154. The summed E-state index contributed by atoms with van der Waals surface area (Å²) in [4.78, 5) is 27.6. The smallest absolute Gasteiger partial charge is 0.325 e. The molecule has 0 saturated carbocycles. The van der Waals surface area contributed by atoms with Crippen molar-refractivity contribution in [2.24, 2.45) is 0 Å². The third-order valence-electron chi connectivity index (χ3n) is 3.87. The summed E-state index contributed by atoms with van der Waals surface area (Å²) >= 11 is 0. The van der Waals surface area contributed by atoms with Crippen LogP contribution in [-0.2, 0) is 19.1 Å². The van der Waals surface area contributed by atoms with E-state index in [9.17, 15) is 9.59 Å². The van der Waals surface area contributed by atoms with E-state index in [0.717, 1.165) is 25.0 Å². The van der Waals surface area contributed by atoms with Crippen molar-refractivity contribution in [3.05, 3.63) is 11.8 Å². The van der Waals surface area contributed by atoms with Gasteiger partial charge in [-0.2, -0.15) is 0 Å². The highest BCUT2D eigenvalue weighted by molar-refractivity contribution is 5.81. The molecule has 6 nitrogen and oxygen atoms in total. The number of methoxy groups -OCH3 is 1. The van der Waals surface area contributed by atoms with E-state index >= 15 is 0 Å². The Kier molecular flexibility index (Phi) is 5.14. The van der Waals surface area contributed by atoms with E-state index in [-0.39, 0.29) is 25.0 Å². The summed E-state index contributed by atoms with van der Waals surface area (Å²) in [5.74, 6) is -0.339. The molecule has 1 fully saturated rings. The maximum absolute atomic E-state index is 12.3. The Morgan fingerprint density at radius 2 is 2.35 bits per heavy atom. The zero-order valence-corrected chi connectivity index (χ0v) is 12.1. The number of allylic oxidation sites excluding steroid dienone is 2. The first-order valence-electron chi connectivity index (χ1n) is 6.98. The fourth-order valence-electron chi connectivity index (χ4n) is 2.58. The van der Waals surface area contributed by atoms with Gasteiger partial charge in [0.1, 0.15) is 6.04 Å². The zero-order chi connectivity index (χ0) is 14.5. The van der Waals surface area contributed by atoms with E-state index in [1.807, 2.05) is 4.90 Å². The Bertz CT molecular complexity index is 408. The summed E-state index contributed by atoms with van der Waals surface area (Å²) in [5.41, 5.74) is 1.08. The molecule has 1 heterocycles. The summed E-state index contributed by atoms with van der Waals surface area (Å²) in [6, 6.07) is -0.483. The third kappa shape index (κ3) is 3.37. The molecule has 0 radical (unpaired) electrons. The molecule has 6 heteroatoms. The predicted octanol–water partition coefficient (Wildman–Crippen LogP) is 0.386. The molecular formula is C14H22N2O4. The fraction of sp³-hybridized carbons (Fsp3) is 0.714. The minimum Gasteiger partial charge on any atom is -0.468 e. The number of hydrogen-bond acceptors (Lipinski definition) is 5. The second kappa shape index (κ2) is 6.85. The van der Waals surface area contributed by atoms with Crippen LogP contribution in [0.3, 0.4) is 0 Å². The number of esters is 1. The van der Waals surface area contributed by atoms with Gasteiger partial charge in [0, 0.05) is 19.3 Å². The minimum absolute atomic E-state index is 0.00829. The van der Waals surface area contributed by atoms with Crippen molar-refractivity contribution >= 4 is 11.9 Å². The standard InChI is InChI=1S/C14H22N2O4/c1-15(11-5-3-4-6-11)13(17)9-16-7-8-20-10-12(16)14(18)19-2/h5,12H,3-4,6-10H2,1-2H3. The summed E-state index contributed by atoms with van der Waals surface area (Å²) in [7, 11) is 3.15. The van der Waals surface area contributed by atoms with E-state index in [2.05, 4.69) is 6.08 Å². The molecule has 1 atom stereocenters. The van der Waals surface area contributed by atoms with Crippen LogP contribution in [0.2, 0.25) is 0 Å². The molecule has 0 aromatic heterocycles. The van der Waals surface area contributed by atoms with Crippen LogP contribution in [0.4, 0.5) is 0 Å². The van der Waals surface area contributed by atoms with Crippen molar-refractivity contribution in [2.45, 2.75) is 25.3 Å². The first kappa shape index (κ1) is 15.0. The lowest BCUT2D eigenvalue weighted by Crippen LogP contribution is -2.53. The van der Waals surface area contributed by atoms with Gasteiger partial charge in [0.2, 0.25) is 5.91 Å². The Morgan fingerprint density at radius 1 is 1.55 bits per heavy atom. The van der Waals surface area contributed by atoms with Crippen molar-refractivity contribution < 1.29 is 19.1 Å². The monoisotopic (exact) mass is 282 g/mol. The summed E-state index contributed by atoms with van der Waals surface area (Å²) in [6.07, 6.45) is 5.20. The molecule has 0 N–H and O–H groups in total. The topological polar surface area (TPSA) is 59.1 Å². The number of hydrogen-bond donors (Lipinski definition) is 0. The van der Waals surface area contributed by atoms with E-state index in [4.69, 9.17) is 9.47 Å². The molecule has 0 aromatic carbocycles. The van der Waals surface area contributed by atoms with Crippen LogP contribution in [0.25, 0.3) is 0 Å². The lowest BCUT2D eigenvalue weighted by Gasteiger charge is -2.34. The summed E-state index contributed by atoms with van der Waals surface area (Å²) < 4.78 is 10.1. The molecule has 112 valence electrons. The molecule has 1 aliphatic carbocycles. The molecule has 0 bridgehead atoms. The zero-order valence-electron chi connectivity index (χ0n) is 12.1. The van der Waals surface area contributed by atoms with Crippen LogP contribution in [0, 0.1) is 0 Å². The van der Waals surface area contributed by atoms with Gasteiger partial charge in [-0.15, -0.1) is 0 Å². The Morgan fingerprint density at radius 3 is 3.00 bits per heavy atom. The lowest BCUT2D eigenvalue weighted by atomic mass is 10.2. The maximum Gasteiger partial charge on any atom is 0.325 e. The molecule has 2 aliphatic rings. The van der Waals surface area contributed by atoms with Gasteiger partial charge in [0.15, 0.2) is 0 Å². The number of nitrogens with zero attached hydrogens (tertiary/aromatic N) is 2. The highest BCUT2D eigenvalue weighted by Gasteiger charge is 2.32.